The van der Waals surface area contributed by atoms with Crippen molar-refractivity contribution in [3.05, 3.63) is 88.5 Å². The monoisotopic (exact) mass is 453 g/mol. The third-order valence-electron chi connectivity index (χ3n) is 7.29. The molecule has 3 rings (SSSR count). The van der Waals surface area contributed by atoms with E-state index >= 15 is 0 Å². The van der Waals surface area contributed by atoms with E-state index in [0.717, 1.165) is 30.9 Å². The third kappa shape index (κ3) is 6.47. The summed E-state index contributed by atoms with van der Waals surface area (Å²) in [6.45, 7) is 16.0. The number of rotatable bonds is 9. The number of allylic oxidation sites excluding steroid dienone is 6. The van der Waals surface area contributed by atoms with Crippen LogP contribution in [0.5, 0.6) is 0 Å². The lowest BCUT2D eigenvalue weighted by atomic mass is 9.83. The highest BCUT2D eigenvalue weighted by molar-refractivity contribution is 5.88. The highest BCUT2D eigenvalue weighted by Gasteiger charge is 2.22. The molecular formula is C33H43N. The molecule has 0 radical (unpaired) electrons. The van der Waals surface area contributed by atoms with Crippen molar-refractivity contribution in [1.29, 1.82) is 0 Å². The summed E-state index contributed by atoms with van der Waals surface area (Å²) in [6, 6.07) is 15.6. The van der Waals surface area contributed by atoms with E-state index < -0.39 is 0 Å². The van der Waals surface area contributed by atoms with Gasteiger partial charge in [-0.1, -0.05) is 88.8 Å². The number of nitrogens with zero attached hydrogens (tertiary/aromatic N) is 1. The molecule has 0 bridgehead atoms. The van der Waals surface area contributed by atoms with Gasteiger partial charge in [0.05, 0.1) is 5.69 Å². The molecule has 0 saturated heterocycles. The minimum absolute atomic E-state index is 0.366. The van der Waals surface area contributed by atoms with Gasteiger partial charge in [0.1, 0.15) is 0 Å². The molecule has 0 saturated carbocycles. The fourth-order valence-electron chi connectivity index (χ4n) is 4.66. The minimum atomic E-state index is 0.366. The largest absolute Gasteiger partial charge is 0.260 e. The van der Waals surface area contributed by atoms with Crippen molar-refractivity contribution in [1.82, 2.24) is 0 Å². The summed E-state index contributed by atoms with van der Waals surface area (Å²) in [5.74, 6) is 1.62. The van der Waals surface area contributed by atoms with Crippen LogP contribution in [0, 0.1) is 24.7 Å². The van der Waals surface area contributed by atoms with Crippen molar-refractivity contribution < 1.29 is 0 Å². The fourth-order valence-corrected chi connectivity index (χ4v) is 4.66. The Labute approximate surface area is 208 Å². The van der Waals surface area contributed by atoms with Crippen molar-refractivity contribution in [3.8, 4) is 0 Å². The standard InChI is InChI=1S/C33H43N/c1-8-24(4)33-27(7)26(6)22-34-32-19-18-30(21-31(32)33)29(17-11-9-10-14-23(2)3)20-28-16-13-12-15-25(28)5/h9,11-13,15-19,21-24,26H,8,10,14,20H2,1-7H3. The van der Waals surface area contributed by atoms with Crippen molar-refractivity contribution in [2.24, 2.45) is 22.7 Å². The highest BCUT2D eigenvalue weighted by atomic mass is 14.7. The average molecular weight is 454 g/mol. The highest BCUT2D eigenvalue weighted by Crippen LogP contribution is 2.40. The summed E-state index contributed by atoms with van der Waals surface area (Å²) in [7, 11) is 0. The van der Waals surface area contributed by atoms with Gasteiger partial charge in [-0.25, -0.2) is 0 Å². The van der Waals surface area contributed by atoms with Crippen LogP contribution in [-0.4, -0.2) is 6.21 Å². The Kier molecular flexibility index (Phi) is 9.28. The number of aryl methyl sites for hydroxylation is 1. The van der Waals surface area contributed by atoms with E-state index in [1.807, 2.05) is 0 Å². The summed E-state index contributed by atoms with van der Waals surface area (Å²) >= 11 is 0. The zero-order valence-corrected chi connectivity index (χ0v) is 22.4. The number of fused-ring (bicyclic) bond motifs is 1. The van der Waals surface area contributed by atoms with Crippen LogP contribution >= 0.6 is 0 Å². The topological polar surface area (TPSA) is 12.4 Å². The molecule has 0 aliphatic carbocycles. The van der Waals surface area contributed by atoms with E-state index in [-0.39, 0.29) is 0 Å². The van der Waals surface area contributed by atoms with Crippen LogP contribution in [0.1, 0.15) is 83.1 Å². The van der Waals surface area contributed by atoms with Crippen LogP contribution < -0.4 is 0 Å². The maximum Gasteiger partial charge on any atom is 0.0701 e. The Morgan fingerprint density at radius 1 is 1.06 bits per heavy atom. The maximum absolute atomic E-state index is 4.89. The molecule has 0 spiro atoms. The maximum atomic E-state index is 4.89. The Balaban J connectivity index is 2.07. The van der Waals surface area contributed by atoms with E-state index in [1.165, 1.54) is 45.4 Å². The predicted octanol–water partition coefficient (Wildman–Crippen LogP) is 9.79. The second kappa shape index (κ2) is 12.2. The molecule has 1 heteroatoms. The van der Waals surface area contributed by atoms with E-state index in [4.69, 9.17) is 4.99 Å². The Morgan fingerprint density at radius 3 is 2.53 bits per heavy atom. The number of hydrogen-bond donors (Lipinski definition) is 0. The van der Waals surface area contributed by atoms with Crippen LogP contribution in [0.4, 0.5) is 5.69 Å². The van der Waals surface area contributed by atoms with Gasteiger partial charge < -0.3 is 0 Å². The lowest BCUT2D eigenvalue weighted by molar-refractivity contribution is 0.594. The number of hydrogen-bond acceptors (Lipinski definition) is 1. The average Bonchev–Trinajstić information content (AvgIpc) is 2.94. The second-order valence-corrected chi connectivity index (χ2v) is 10.4. The predicted molar refractivity (Wildman–Crippen MR) is 152 cm³/mol. The van der Waals surface area contributed by atoms with Crippen LogP contribution in [-0.2, 0) is 6.42 Å². The molecule has 1 aliphatic rings. The molecule has 180 valence electrons. The Morgan fingerprint density at radius 2 is 1.82 bits per heavy atom. The molecule has 34 heavy (non-hydrogen) atoms. The van der Waals surface area contributed by atoms with Gasteiger partial charge in [-0.3, -0.25) is 4.99 Å². The van der Waals surface area contributed by atoms with Crippen molar-refractivity contribution in [2.45, 2.75) is 74.1 Å². The molecule has 1 nitrogen and oxygen atoms in total. The summed E-state index contributed by atoms with van der Waals surface area (Å²) in [6.07, 6.45) is 13.5. The summed E-state index contributed by atoms with van der Waals surface area (Å²) in [4.78, 5) is 4.89. The van der Waals surface area contributed by atoms with Crippen LogP contribution in [0.15, 0.2) is 71.3 Å². The van der Waals surface area contributed by atoms with E-state index in [9.17, 15) is 0 Å². The summed E-state index contributed by atoms with van der Waals surface area (Å²) < 4.78 is 0. The molecule has 2 unspecified atom stereocenters. The van der Waals surface area contributed by atoms with Crippen molar-refractivity contribution in [2.75, 3.05) is 0 Å². The minimum Gasteiger partial charge on any atom is -0.260 e. The van der Waals surface area contributed by atoms with Gasteiger partial charge in [0.15, 0.2) is 0 Å². The molecule has 0 amide bonds. The van der Waals surface area contributed by atoms with Gasteiger partial charge in [0, 0.05) is 17.7 Å². The van der Waals surface area contributed by atoms with Gasteiger partial charge >= 0.3 is 0 Å². The van der Waals surface area contributed by atoms with E-state index in [1.54, 1.807) is 0 Å². The molecule has 2 aromatic rings. The SMILES string of the molecule is CCC(C)C1=C(C)C(C)C=Nc2ccc(C(=CC=CCCC(C)C)Cc3ccccc3C)cc21. The molecular weight excluding hydrogens is 410 g/mol. The molecule has 1 heterocycles. The number of benzene rings is 2. The lowest BCUT2D eigenvalue weighted by Gasteiger charge is -2.21. The first-order valence-corrected chi connectivity index (χ1v) is 13.1. The van der Waals surface area contributed by atoms with Gasteiger partial charge in [0.25, 0.3) is 0 Å². The zero-order chi connectivity index (χ0) is 24.7. The van der Waals surface area contributed by atoms with Crippen molar-refractivity contribution >= 4 is 23.0 Å². The first-order chi connectivity index (χ1) is 16.3. The van der Waals surface area contributed by atoms with Gasteiger partial charge in [-0.05, 0) is 91.3 Å². The van der Waals surface area contributed by atoms with E-state index in [0.29, 0.717) is 11.8 Å². The van der Waals surface area contributed by atoms with Crippen LogP contribution in [0.3, 0.4) is 0 Å². The second-order valence-electron chi connectivity index (χ2n) is 10.4. The Hall–Kier alpha value is -2.67. The number of aliphatic imine (C=N–C) groups is 1. The third-order valence-corrected chi connectivity index (χ3v) is 7.29. The summed E-state index contributed by atoms with van der Waals surface area (Å²) in [5, 5.41) is 0. The fraction of sp³-hybridized carbons (Fsp3) is 0.424. The molecule has 0 N–H and O–H groups in total. The smallest absolute Gasteiger partial charge is 0.0701 e. The van der Waals surface area contributed by atoms with Crippen LogP contribution in [0.2, 0.25) is 0 Å². The van der Waals surface area contributed by atoms with Gasteiger partial charge in [-0.15, -0.1) is 0 Å². The van der Waals surface area contributed by atoms with E-state index in [2.05, 4.69) is 115 Å². The molecule has 1 aliphatic heterocycles. The van der Waals surface area contributed by atoms with Gasteiger partial charge in [0.2, 0.25) is 0 Å². The lowest BCUT2D eigenvalue weighted by Crippen LogP contribution is -2.05. The molecule has 0 aromatic heterocycles. The summed E-state index contributed by atoms with van der Waals surface area (Å²) in [5.41, 5.74) is 10.7. The molecule has 2 atom stereocenters. The van der Waals surface area contributed by atoms with Gasteiger partial charge in [-0.2, -0.15) is 0 Å². The first kappa shape index (κ1) is 25.9. The quantitative estimate of drug-likeness (QED) is 0.335. The van der Waals surface area contributed by atoms with Crippen molar-refractivity contribution in [3.63, 3.8) is 0 Å². The normalized spacial score (nSPS) is 17.4. The first-order valence-electron chi connectivity index (χ1n) is 13.1. The Bertz CT molecular complexity index is 1090. The zero-order valence-electron chi connectivity index (χ0n) is 22.4. The van der Waals surface area contributed by atoms with Crippen LogP contribution in [0.25, 0.3) is 11.1 Å². The molecule has 0 fully saturated rings. The molecule has 2 aromatic carbocycles.